The van der Waals surface area contributed by atoms with Gasteiger partial charge in [-0.25, -0.2) is 0 Å². The molecule has 1 saturated carbocycles. The number of hydrogen-bond donors (Lipinski definition) is 0. The average Bonchev–Trinajstić information content (AvgIpc) is 3.43. The third-order valence-corrected chi connectivity index (χ3v) is 9.87. The molecule has 3 aliphatic rings. The molecule has 3 aromatic rings. The monoisotopic (exact) mass is 589 g/mol. The van der Waals surface area contributed by atoms with Crippen LogP contribution in [-0.2, 0) is 41.7 Å². The third kappa shape index (κ3) is 5.95. The molecule has 0 bridgehead atoms. The second kappa shape index (κ2) is 11.9. The lowest BCUT2D eigenvalue weighted by molar-refractivity contribution is 0.0996. The third-order valence-electron chi connectivity index (χ3n) is 9.56. The van der Waals surface area contributed by atoms with Gasteiger partial charge in [0.1, 0.15) is 12.2 Å². The van der Waals surface area contributed by atoms with E-state index in [0.717, 1.165) is 79.1 Å². The molecule has 3 heterocycles. The first-order valence-electron chi connectivity index (χ1n) is 15.1. The van der Waals surface area contributed by atoms with Crippen molar-refractivity contribution in [2.24, 2.45) is 18.9 Å². The first-order valence-corrected chi connectivity index (χ1v) is 15.7. The van der Waals surface area contributed by atoms with E-state index in [1.807, 2.05) is 34.7 Å². The Balaban J connectivity index is 1.31. The molecule has 1 aliphatic carbocycles. The molecule has 2 aromatic carbocycles. The molecule has 2 unspecified atom stereocenters. The van der Waals surface area contributed by atoms with Crippen molar-refractivity contribution < 1.29 is 9.53 Å². The molecule has 2 aliphatic heterocycles. The van der Waals surface area contributed by atoms with Crippen LogP contribution < -0.4 is 4.90 Å². The zero-order valence-corrected chi connectivity index (χ0v) is 26.3. The standard InChI is InChI=1S/C33H38B2N5O2P/c1-4-22-14-32(15-22,16-30-37-36-21-38(30)3)25-7-6-8-26(13-25)40-19-28-27(31(40)41)11-24(12-29(28)33(34,35)43)18-39-9-10-42-20-23(5-2)17-39/h1,6-8,11-13,21-23H,5,9-10,14-20,43H2,2-3H3. The summed E-state index contributed by atoms with van der Waals surface area (Å²) in [5.74, 6) is 4.54. The van der Waals surface area contributed by atoms with Gasteiger partial charge in [0.25, 0.3) is 5.91 Å². The maximum Gasteiger partial charge on any atom is 0.258 e. The summed E-state index contributed by atoms with van der Waals surface area (Å²) < 4.78 is 7.79. The Morgan fingerprint density at radius 3 is 2.77 bits per heavy atom. The second-order valence-electron chi connectivity index (χ2n) is 12.7. The van der Waals surface area contributed by atoms with Crippen LogP contribution >= 0.6 is 9.24 Å². The predicted molar refractivity (Wildman–Crippen MR) is 174 cm³/mol. The van der Waals surface area contributed by atoms with Crippen molar-refractivity contribution in [2.45, 2.75) is 56.1 Å². The minimum Gasteiger partial charge on any atom is -0.380 e. The molecule has 1 amide bonds. The summed E-state index contributed by atoms with van der Waals surface area (Å²) in [5.41, 5.74) is 5.24. The zero-order chi connectivity index (χ0) is 30.4. The number of benzene rings is 2. The lowest BCUT2D eigenvalue weighted by atomic mass is 9.57. The van der Waals surface area contributed by atoms with Gasteiger partial charge < -0.3 is 14.2 Å². The number of rotatable bonds is 8. The Morgan fingerprint density at radius 2 is 2.07 bits per heavy atom. The van der Waals surface area contributed by atoms with Crippen LogP contribution in [0.3, 0.4) is 0 Å². The predicted octanol–water partition coefficient (Wildman–Crippen LogP) is 3.68. The van der Waals surface area contributed by atoms with Crippen LogP contribution in [0.5, 0.6) is 0 Å². The molecular weight excluding hydrogens is 551 g/mol. The van der Waals surface area contributed by atoms with Gasteiger partial charge in [0, 0.05) is 55.7 Å². The van der Waals surface area contributed by atoms with Gasteiger partial charge in [-0.1, -0.05) is 30.1 Å². The summed E-state index contributed by atoms with van der Waals surface area (Å²) in [6, 6.07) is 12.4. The van der Waals surface area contributed by atoms with Crippen molar-refractivity contribution in [1.29, 1.82) is 0 Å². The molecule has 218 valence electrons. The number of fused-ring (bicyclic) bond motifs is 1. The lowest BCUT2D eigenvalue weighted by Gasteiger charge is -2.46. The lowest BCUT2D eigenvalue weighted by Crippen LogP contribution is -2.43. The maximum atomic E-state index is 14.1. The Labute approximate surface area is 260 Å². The Kier molecular flexibility index (Phi) is 8.33. The van der Waals surface area contributed by atoms with E-state index in [9.17, 15) is 4.79 Å². The van der Waals surface area contributed by atoms with Gasteiger partial charge in [0.2, 0.25) is 0 Å². The number of carbonyl (C=O) groups excluding carboxylic acids is 1. The Hall–Kier alpha value is -2.91. The van der Waals surface area contributed by atoms with Crippen LogP contribution in [0.2, 0.25) is 0 Å². The zero-order valence-electron chi connectivity index (χ0n) is 25.1. The number of anilines is 1. The van der Waals surface area contributed by atoms with Crippen LogP contribution in [0.4, 0.5) is 5.69 Å². The number of aryl methyl sites for hydroxylation is 1. The molecule has 43 heavy (non-hydrogen) atoms. The van der Waals surface area contributed by atoms with Crippen molar-refractivity contribution >= 4 is 36.5 Å². The van der Waals surface area contributed by atoms with E-state index < -0.39 is 4.95 Å². The Bertz CT molecular complexity index is 1560. The smallest absolute Gasteiger partial charge is 0.258 e. The van der Waals surface area contributed by atoms with E-state index in [0.29, 0.717) is 31.2 Å². The summed E-state index contributed by atoms with van der Waals surface area (Å²) in [5, 5.41) is 8.44. The van der Waals surface area contributed by atoms with Crippen molar-refractivity contribution in [1.82, 2.24) is 19.7 Å². The molecular formula is C33H38B2N5O2P. The van der Waals surface area contributed by atoms with E-state index in [4.69, 9.17) is 26.9 Å². The highest BCUT2D eigenvalue weighted by molar-refractivity contribution is 7.25. The van der Waals surface area contributed by atoms with Crippen molar-refractivity contribution in [3.8, 4) is 12.3 Å². The van der Waals surface area contributed by atoms with E-state index in [-0.39, 0.29) is 17.2 Å². The molecule has 2 fully saturated rings. The molecule has 0 N–H and O–H groups in total. The number of amides is 1. The van der Waals surface area contributed by atoms with Crippen LogP contribution in [-0.4, -0.2) is 67.6 Å². The number of terminal acetylenes is 1. The van der Waals surface area contributed by atoms with Crippen molar-refractivity contribution in [3.63, 3.8) is 0 Å². The van der Waals surface area contributed by atoms with Gasteiger partial charge in [0.15, 0.2) is 0 Å². The van der Waals surface area contributed by atoms with E-state index >= 15 is 0 Å². The molecule has 0 spiro atoms. The minimum atomic E-state index is -1.16. The summed E-state index contributed by atoms with van der Waals surface area (Å²) in [7, 11) is 17.5. The fourth-order valence-electron chi connectivity index (χ4n) is 7.01. The molecule has 2 atom stereocenters. The molecule has 6 rings (SSSR count). The van der Waals surface area contributed by atoms with Gasteiger partial charge in [-0.15, -0.1) is 31.8 Å². The van der Waals surface area contributed by atoms with Crippen LogP contribution in [0, 0.1) is 24.2 Å². The fourth-order valence-corrected chi connectivity index (χ4v) is 7.27. The molecule has 1 saturated heterocycles. The van der Waals surface area contributed by atoms with Gasteiger partial charge in [-0.2, -0.15) is 0 Å². The number of hydrogen-bond acceptors (Lipinski definition) is 5. The van der Waals surface area contributed by atoms with E-state index in [2.05, 4.69) is 55.4 Å². The first kappa shape index (κ1) is 30.1. The average molecular weight is 589 g/mol. The fraction of sp³-hybridized carbons (Fsp3) is 0.485. The summed E-state index contributed by atoms with van der Waals surface area (Å²) >= 11 is 0. The topological polar surface area (TPSA) is 63.5 Å². The summed E-state index contributed by atoms with van der Waals surface area (Å²) in [6.07, 6.45) is 11.1. The normalized spacial score (nSPS) is 24.3. The quantitative estimate of drug-likeness (QED) is 0.228. The number of carbonyl (C=O) groups is 1. The largest absolute Gasteiger partial charge is 0.380 e. The molecule has 10 heteroatoms. The second-order valence-corrected chi connectivity index (χ2v) is 13.7. The molecule has 1 aromatic heterocycles. The number of aromatic nitrogens is 3. The first-order chi connectivity index (χ1) is 20.6. The number of ether oxygens (including phenoxy) is 1. The molecule has 7 nitrogen and oxygen atoms in total. The molecule has 4 radical (unpaired) electrons. The van der Waals surface area contributed by atoms with Gasteiger partial charge in [0.05, 0.1) is 35.5 Å². The van der Waals surface area contributed by atoms with Gasteiger partial charge in [-0.05, 0) is 65.6 Å². The summed E-state index contributed by atoms with van der Waals surface area (Å²) in [4.78, 5) is 17.2. The maximum absolute atomic E-state index is 14.1. The minimum absolute atomic E-state index is 0.0346. The van der Waals surface area contributed by atoms with Crippen molar-refractivity contribution in [2.75, 3.05) is 31.2 Å². The van der Waals surface area contributed by atoms with Crippen LogP contribution in [0.15, 0.2) is 42.7 Å². The highest BCUT2D eigenvalue weighted by Crippen LogP contribution is 2.50. The van der Waals surface area contributed by atoms with Gasteiger partial charge in [-0.3, -0.25) is 9.69 Å². The Morgan fingerprint density at radius 1 is 1.26 bits per heavy atom. The van der Waals surface area contributed by atoms with Crippen LogP contribution in [0.25, 0.3) is 0 Å². The van der Waals surface area contributed by atoms with Crippen molar-refractivity contribution in [3.05, 3.63) is 76.4 Å². The van der Waals surface area contributed by atoms with Crippen LogP contribution in [0.1, 0.15) is 64.6 Å². The SMILES string of the molecule is [B]C([B])(P)c1cc(CN2CCOCC(CC)C2)cc2c1CN(c1cccc(C3(Cc4nncn4C)CC(C#C)C3)c1)C2=O. The highest BCUT2D eigenvalue weighted by atomic mass is 31.0. The summed E-state index contributed by atoms with van der Waals surface area (Å²) in [6.45, 7) is 6.64. The van der Waals surface area contributed by atoms with Gasteiger partial charge >= 0.3 is 0 Å². The van der Waals surface area contributed by atoms with E-state index in [1.165, 1.54) is 0 Å². The number of nitrogens with zero attached hydrogens (tertiary/aromatic N) is 5. The highest BCUT2D eigenvalue weighted by Gasteiger charge is 2.46. The van der Waals surface area contributed by atoms with E-state index in [1.54, 1.807) is 6.33 Å².